The number of amides is 1. The van der Waals surface area contributed by atoms with E-state index in [9.17, 15) is 4.79 Å². The molecule has 4 heterocycles. The third-order valence-electron chi connectivity index (χ3n) is 8.25. The van der Waals surface area contributed by atoms with Gasteiger partial charge in [0.15, 0.2) is 5.65 Å². The minimum atomic E-state index is -0.0263. The minimum absolute atomic E-state index is 0.0263. The Morgan fingerprint density at radius 3 is 2.16 bits per heavy atom. The predicted molar refractivity (Wildman–Crippen MR) is 181 cm³/mol. The van der Waals surface area contributed by atoms with Crippen molar-refractivity contribution in [2.45, 2.75) is 107 Å². The van der Waals surface area contributed by atoms with E-state index < -0.39 is 0 Å². The van der Waals surface area contributed by atoms with Gasteiger partial charge in [0.25, 0.3) is 5.91 Å². The number of nitrogens with two attached hydrogens (primary N) is 1. The normalized spacial score (nSPS) is 19.0. The van der Waals surface area contributed by atoms with Gasteiger partial charge >= 0.3 is 0 Å². The number of rotatable bonds is 3. The van der Waals surface area contributed by atoms with Crippen molar-refractivity contribution in [3.63, 3.8) is 0 Å². The van der Waals surface area contributed by atoms with Crippen LogP contribution in [-0.2, 0) is 9.59 Å². The quantitative estimate of drug-likeness (QED) is 0.354. The van der Waals surface area contributed by atoms with E-state index in [-0.39, 0.29) is 18.0 Å². The number of carbonyl (C=O) groups is 3. The second-order valence-electron chi connectivity index (χ2n) is 10.8. The lowest BCUT2D eigenvalue weighted by Crippen LogP contribution is -2.39. The first-order valence-corrected chi connectivity index (χ1v) is 16.2. The summed E-state index contributed by atoms with van der Waals surface area (Å²) in [4.78, 5) is 39.0. The van der Waals surface area contributed by atoms with Crippen molar-refractivity contribution < 1.29 is 14.4 Å². The van der Waals surface area contributed by atoms with Crippen molar-refractivity contribution >= 4 is 31.0 Å². The molecule has 2 aromatic heterocycles. The molecule has 9 nitrogen and oxygen atoms in total. The minimum Gasteiger partial charge on any atom is -0.354 e. The molecule has 1 amide bonds. The molecule has 2 saturated heterocycles. The van der Waals surface area contributed by atoms with Crippen LogP contribution in [0.1, 0.15) is 112 Å². The summed E-state index contributed by atoms with van der Waals surface area (Å²) in [6.07, 6.45) is 7.59. The summed E-state index contributed by atoms with van der Waals surface area (Å²) in [6.45, 7) is 24.8. The van der Waals surface area contributed by atoms with Crippen LogP contribution in [0.2, 0.25) is 0 Å². The second kappa shape index (κ2) is 18.3. The molecule has 44 heavy (non-hydrogen) atoms. The molecule has 3 fully saturated rings. The molecule has 6 rings (SSSR count). The van der Waals surface area contributed by atoms with E-state index in [2.05, 4.69) is 30.2 Å². The van der Waals surface area contributed by atoms with E-state index in [4.69, 9.17) is 25.4 Å². The largest absolute Gasteiger partial charge is 0.354 e. The van der Waals surface area contributed by atoms with E-state index in [0.29, 0.717) is 5.41 Å². The number of benzene rings is 1. The number of likely N-dealkylation sites (tertiary alicyclic amines) is 1. The monoisotopic (exact) mass is 608 g/mol. The molecule has 1 aliphatic carbocycles. The molecular formula is C35H56N6O3. The smallest absolute Gasteiger partial charge is 0.254 e. The van der Waals surface area contributed by atoms with Gasteiger partial charge < -0.3 is 25.1 Å². The highest BCUT2D eigenvalue weighted by molar-refractivity contribution is 5.96. The van der Waals surface area contributed by atoms with Crippen molar-refractivity contribution in [1.82, 2.24) is 19.5 Å². The number of aryl methyl sites for hydroxylation is 3. The zero-order valence-corrected chi connectivity index (χ0v) is 28.7. The zero-order valence-electron chi connectivity index (χ0n) is 28.7. The summed E-state index contributed by atoms with van der Waals surface area (Å²) >= 11 is 0. The summed E-state index contributed by atoms with van der Waals surface area (Å²) in [6, 6.07) is 8.39. The Bertz CT molecular complexity index is 1320. The number of piperidine rings is 1. The van der Waals surface area contributed by atoms with Crippen molar-refractivity contribution in [2.24, 2.45) is 11.1 Å². The highest BCUT2D eigenvalue weighted by Crippen LogP contribution is 2.52. The topological polar surface area (TPSA) is 114 Å². The fourth-order valence-corrected chi connectivity index (χ4v) is 5.95. The van der Waals surface area contributed by atoms with Gasteiger partial charge in [0.05, 0.1) is 11.7 Å². The Morgan fingerprint density at radius 1 is 0.932 bits per heavy atom. The predicted octanol–water partition coefficient (Wildman–Crippen LogP) is 6.66. The van der Waals surface area contributed by atoms with Gasteiger partial charge in [-0.05, 0) is 64.5 Å². The number of anilines is 1. The first-order chi connectivity index (χ1) is 21.3. The molecule has 2 N–H and O–H groups in total. The molecule has 1 saturated carbocycles. The van der Waals surface area contributed by atoms with Gasteiger partial charge in [0.2, 0.25) is 0 Å². The fraction of sp³-hybridized carbons (Fsp3) is 0.571. The highest BCUT2D eigenvalue weighted by atomic mass is 16.2. The first kappa shape index (κ1) is 38.4. The Hall–Kier alpha value is -3.59. The zero-order chi connectivity index (χ0) is 33.6. The number of hydrogen-bond donors (Lipinski definition) is 1. The summed E-state index contributed by atoms with van der Waals surface area (Å²) in [5.41, 5.74) is 12.6. The van der Waals surface area contributed by atoms with Crippen LogP contribution >= 0.6 is 0 Å². The highest BCUT2D eigenvalue weighted by Gasteiger charge is 2.54. The molecule has 3 aromatic rings. The number of fused-ring (bicyclic) bond motifs is 1. The average molecular weight is 609 g/mol. The van der Waals surface area contributed by atoms with Gasteiger partial charge in [-0.2, -0.15) is 5.10 Å². The maximum Gasteiger partial charge on any atom is 0.254 e. The van der Waals surface area contributed by atoms with Crippen LogP contribution in [0.3, 0.4) is 0 Å². The van der Waals surface area contributed by atoms with Gasteiger partial charge in [0.1, 0.15) is 19.4 Å². The maximum absolute atomic E-state index is 13.6. The van der Waals surface area contributed by atoms with Crippen LogP contribution in [0.4, 0.5) is 5.82 Å². The lowest BCUT2D eigenvalue weighted by molar-refractivity contribution is -0.0987. The molecule has 9 heteroatoms. The molecule has 3 aliphatic rings. The van der Waals surface area contributed by atoms with Gasteiger partial charge in [-0.1, -0.05) is 59.2 Å². The molecule has 1 aromatic carbocycles. The number of nitrogens with zero attached hydrogens (tertiary/aromatic N) is 5. The van der Waals surface area contributed by atoms with Crippen LogP contribution in [0, 0.1) is 26.2 Å². The fourth-order valence-electron chi connectivity index (χ4n) is 5.95. The summed E-state index contributed by atoms with van der Waals surface area (Å²) in [7, 11) is 0. The molecule has 0 unspecified atom stereocenters. The number of carbonyl (C=O) groups excluding carboxylic acids is 3. The molecule has 0 bridgehead atoms. The van der Waals surface area contributed by atoms with Crippen molar-refractivity contribution in [2.75, 3.05) is 24.5 Å². The number of hydrogen-bond acceptors (Lipinski definition) is 7. The molecule has 0 radical (unpaired) electrons. The van der Waals surface area contributed by atoms with Crippen molar-refractivity contribution in [3.8, 4) is 0 Å². The van der Waals surface area contributed by atoms with Crippen LogP contribution in [0.5, 0.6) is 0 Å². The van der Waals surface area contributed by atoms with E-state index in [1.165, 1.54) is 12.8 Å². The van der Waals surface area contributed by atoms with E-state index in [0.717, 1.165) is 78.3 Å². The van der Waals surface area contributed by atoms with E-state index in [1.807, 2.05) is 90.5 Å². The van der Waals surface area contributed by atoms with Crippen molar-refractivity contribution in [3.05, 3.63) is 58.4 Å². The molecule has 2 aliphatic heterocycles. The lowest BCUT2D eigenvalue weighted by atomic mass is 9.96. The van der Waals surface area contributed by atoms with Crippen LogP contribution in [0.25, 0.3) is 5.65 Å². The molecule has 1 spiro atoms. The summed E-state index contributed by atoms with van der Waals surface area (Å²) in [5, 5.41) is 4.90. The van der Waals surface area contributed by atoms with Crippen LogP contribution in [0.15, 0.2) is 30.5 Å². The number of aromatic nitrogens is 3. The third-order valence-corrected chi connectivity index (χ3v) is 8.25. The summed E-state index contributed by atoms with van der Waals surface area (Å²) in [5.74, 6) is 1.12. The SMILES string of the molecule is C=O.C=O.CC.CC.CC.Cc1ccc(C)c(C(=O)N2CCCC[C@H]2c2cc3nc(N4C[C@@H](N)C5(CC5)C4)c(C)cn3n2)c1. The molecular weight excluding hydrogens is 552 g/mol. The Balaban J connectivity index is 0.000000884. The van der Waals surface area contributed by atoms with E-state index in [1.54, 1.807) is 0 Å². The lowest BCUT2D eigenvalue weighted by Gasteiger charge is -2.35. The Labute approximate surface area is 265 Å². The van der Waals surface area contributed by atoms with Crippen LogP contribution < -0.4 is 10.6 Å². The Morgan fingerprint density at radius 2 is 1.57 bits per heavy atom. The standard InChI is InChI=1S/C27H34N6O.3C2H6.2CH2O/c1-17-7-8-18(2)20(12-17)26(34)32-11-5-4-6-22(32)21-13-24-29-25(19(3)14-33(24)30-21)31-15-23(28)27(16-31)9-10-27;5*1-2/h7-8,12-14,22-23H,4-6,9-11,15-16,28H2,1-3H3;3*1-2H3;2*1H2/t22-,23+;;;;;/m0...../s1. The second-order valence-corrected chi connectivity index (χ2v) is 10.8. The molecule has 2 atom stereocenters. The van der Waals surface area contributed by atoms with Gasteiger partial charge in [-0.15, -0.1) is 0 Å². The van der Waals surface area contributed by atoms with Crippen molar-refractivity contribution in [1.29, 1.82) is 0 Å². The van der Waals surface area contributed by atoms with Crippen LogP contribution in [-0.4, -0.2) is 64.7 Å². The third kappa shape index (κ3) is 8.31. The maximum atomic E-state index is 13.6. The first-order valence-electron chi connectivity index (χ1n) is 16.2. The van der Waals surface area contributed by atoms with Gasteiger partial charge in [0, 0.05) is 54.5 Å². The summed E-state index contributed by atoms with van der Waals surface area (Å²) < 4.78 is 1.88. The van der Waals surface area contributed by atoms with E-state index >= 15 is 0 Å². The molecule has 244 valence electrons. The Kier molecular flexibility index (Phi) is 16.0. The van der Waals surface area contributed by atoms with Gasteiger partial charge in [-0.3, -0.25) is 4.79 Å². The van der Waals surface area contributed by atoms with Gasteiger partial charge in [-0.25, -0.2) is 9.50 Å². The average Bonchev–Trinajstić information content (AvgIpc) is 3.64.